The predicted molar refractivity (Wildman–Crippen MR) is 86.7 cm³/mol. The minimum Gasteiger partial charge on any atom is -0.350 e. The minimum atomic E-state index is -4.65. The van der Waals surface area contributed by atoms with Crippen molar-refractivity contribution in [2.24, 2.45) is 0 Å². The summed E-state index contributed by atoms with van der Waals surface area (Å²) in [5.41, 5.74) is -0.682. The van der Waals surface area contributed by atoms with E-state index in [1.165, 1.54) is 19.1 Å². The second-order valence-electron chi connectivity index (χ2n) is 5.44. The van der Waals surface area contributed by atoms with Crippen LogP contribution in [0.5, 0.6) is 0 Å². The van der Waals surface area contributed by atoms with Crippen LogP contribution in [0.3, 0.4) is 0 Å². The summed E-state index contributed by atoms with van der Waals surface area (Å²) in [6.07, 6.45) is -4.65. The molecular formula is C18H17F3N2O2. The second kappa shape index (κ2) is 7.83. The van der Waals surface area contributed by atoms with Crippen molar-refractivity contribution < 1.29 is 22.8 Å². The number of hydrogen-bond acceptors (Lipinski definition) is 2. The van der Waals surface area contributed by atoms with Crippen molar-refractivity contribution in [3.05, 3.63) is 71.3 Å². The van der Waals surface area contributed by atoms with E-state index in [4.69, 9.17) is 0 Å². The van der Waals surface area contributed by atoms with Crippen LogP contribution in [0.1, 0.15) is 28.4 Å². The average molecular weight is 350 g/mol. The highest BCUT2D eigenvalue weighted by Crippen LogP contribution is 2.31. The third-order valence-electron chi connectivity index (χ3n) is 3.53. The van der Waals surface area contributed by atoms with Gasteiger partial charge in [0.15, 0.2) is 0 Å². The molecule has 2 N–H and O–H groups in total. The molecule has 2 amide bonds. The SMILES string of the molecule is C[C@H](NC(=O)c1ccccc1C(F)(F)F)C(=O)NCc1ccccc1. The Morgan fingerprint density at radius 3 is 2.24 bits per heavy atom. The third-order valence-corrected chi connectivity index (χ3v) is 3.53. The molecule has 132 valence electrons. The number of alkyl halides is 3. The molecule has 1 atom stereocenters. The number of hydrogen-bond donors (Lipinski definition) is 2. The molecule has 0 heterocycles. The molecule has 0 radical (unpaired) electrons. The van der Waals surface area contributed by atoms with Gasteiger partial charge < -0.3 is 10.6 Å². The van der Waals surface area contributed by atoms with Gasteiger partial charge in [-0.3, -0.25) is 9.59 Å². The number of nitrogens with one attached hydrogen (secondary N) is 2. The lowest BCUT2D eigenvalue weighted by molar-refractivity contribution is -0.137. The lowest BCUT2D eigenvalue weighted by Gasteiger charge is -2.16. The summed E-state index contributed by atoms with van der Waals surface area (Å²) in [4.78, 5) is 24.1. The molecule has 0 spiro atoms. The Kier molecular flexibility index (Phi) is 5.80. The summed E-state index contributed by atoms with van der Waals surface area (Å²) >= 11 is 0. The fourth-order valence-electron chi connectivity index (χ4n) is 2.21. The van der Waals surface area contributed by atoms with Crippen LogP contribution in [0.25, 0.3) is 0 Å². The van der Waals surface area contributed by atoms with E-state index in [-0.39, 0.29) is 6.54 Å². The van der Waals surface area contributed by atoms with Gasteiger partial charge in [-0.15, -0.1) is 0 Å². The summed E-state index contributed by atoms with van der Waals surface area (Å²) in [5.74, 6) is -1.43. The highest BCUT2D eigenvalue weighted by Gasteiger charge is 2.35. The monoisotopic (exact) mass is 350 g/mol. The van der Waals surface area contributed by atoms with Crippen molar-refractivity contribution in [3.63, 3.8) is 0 Å². The fraction of sp³-hybridized carbons (Fsp3) is 0.222. The zero-order chi connectivity index (χ0) is 18.4. The first-order chi connectivity index (χ1) is 11.8. The number of amides is 2. The largest absolute Gasteiger partial charge is 0.417 e. The lowest BCUT2D eigenvalue weighted by Crippen LogP contribution is -2.44. The van der Waals surface area contributed by atoms with E-state index in [1.54, 1.807) is 0 Å². The van der Waals surface area contributed by atoms with Gasteiger partial charge in [-0.25, -0.2) is 0 Å². The average Bonchev–Trinajstić information content (AvgIpc) is 2.59. The van der Waals surface area contributed by atoms with Crippen molar-refractivity contribution in [3.8, 4) is 0 Å². The summed E-state index contributed by atoms with van der Waals surface area (Å²) in [6.45, 7) is 1.67. The first-order valence-corrected chi connectivity index (χ1v) is 7.58. The van der Waals surface area contributed by atoms with Crippen molar-refractivity contribution in [1.29, 1.82) is 0 Å². The zero-order valence-corrected chi connectivity index (χ0v) is 13.4. The van der Waals surface area contributed by atoms with Crippen LogP contribution in [-0.4, -0.2) is 17.9 Å². The van der Waals surface area contributed by atoms with Crippen LogP contribution in [0.4, 0.5) is 13.2 Å². The van der Waals surface area contributed by atoms with Crippen LogP contribution >= 0.6 is 0 Å². The standard InChI is InChI=1S/C18H17F3N2O2/c1-12(16(24)22-11-13-7-3-2-4-8-13)23-17(25)14-9-5-6-10-15(14)18(19,20)21/h2-10,12H,11H2,1H3,(H,22,24)(H,23,25)/t12-/m0/s1. The van der Waals surface area contributed by atoms with Gasteiger partial charge in [0.05, 0.1) is 11.1 Å². The molecule has 0 aliphatic heterocycles. The molecule has 0 aromatic heterocycles. The lowest BCUT2D eigenvalue weighted by atomic mass is 10.1. The van der Waals surface area contributed by atoms with E-state index in [1.807, 2.05) is 30.3 Å². The molecule has 0 bridgehead atoms. The Morgan fingerprint density at radius 1 is 1.00 bits per heavy atom. The van der Waals surface area contributed by atoms with Crippen LogP contribution in [0, 0.1) is 0 Å². The third kappa shape index (κ3) is 5.07. The van der Waals surface area contributed by atoms with Crippen molar-refractivity contribution >= 4 is 11.8 Å². The molecule has 0 saturated carbocycles. The van der Waals surface area contributed by atoms with Crippen LogP contribution in [0.2, 0.25) is 0 Å². The quantitative estimate of drug-likeness (QED) is 0.870. The van der Waals surface area contributed by atoms with E-state index in [0.29, 0.717) is 0 Å². The Morgan fingerprint density at radius 2 is 1.60 bits per heavy atom. The Hall–Kier alpha value is -2.83. The van der Waals surface area contributed by atoms with Gasteiger partial charge in [-0.05, 0) is 24.6 Å². The first-order valence-electron chi connectivity index (χ1n) is 7.58. The Bertz CT molecular complexity index is 745. The normalized spacial score (nSPS) is 12.3. The predicted octanol–water partition coefficient (Wildman–Crippen LogP) is 3.14. The number of halogens is 3. The van der Waals surface area contributed by atoms with Gasteiger partial charge in [0, 0.05) is 6.54 Å². The van der Waals surface area contributed by atoms with Gasteiger partial charge in [-0.1, -0.05) is 42.5 Å². The highest BCUT2D eigenvalue weighted by atomic mass is 19.4. The van der Waals surface area contributed by atoms with E-state index >= 15 is 0 Å². The molecule has 0 aliphatic rings. The van der Waals surface area contributed by atoms with Crippen LogP contribution in [-0.2, 0) is 17.5 Å². The number of carbonyl (C=O) groups is 2. The molecule has 4 nitrogen and oxygen atoms in total. The van der Waals surface area contributed by atoms with Crippen molar-refractivity contribution in [2.75, 3.05) is 0 Å². The summed E-state index contributed by atoms with van der Waals surface area (Å²) in [6, 6.07) is 12.6. The van der Waals surface area contributed by atoms with Crippen LogP contribution in [0.15, 0.2) is 54.6 Å². The van der Waals surface area contributed by atoms with Crippen LogP contribution < -0.4 is 10.6 Å². The van der Waals surface area contributed by atoms with E-state index in [0.717, 1.165) is 17.7 Å². The molecule has 2 aromatic rings. The second-order valence-corrected chi connectivity index (χ2v) is 5.44. The molecular weight excluding hydrogens is 333 g/mol. The van der Waals surface area contributed by atoms with Crippen molar-refractivity contribution in [1.82, 2.24) is 10.6 Å². The fourth-order valence-corrected chi connectivity index (χ4v) is 2.21. The number of rotatable bonds is 5. The summed E-state index contributed by atoms with van der Waals surface area (Å²) in [5, 5.41) is 4.92. The van der Waals surface area contributed by atoms with E-state index in [9.17, 15) is 22.8 Å². The van der Waals surface area contributed by atoms with Gasteiger partial charge in [0.25, 0.3) is 5.91 Å². The van der Waals surface area contributed by atoms with Gasteiger partial charge >= 0.3 is 6.18 Å². The molecule has 2 rings (SSSR count). The van der Waals surface area contributed by atoms with E-state index < -0.39 is 35.2 Å². The highest BCUT2D eigenvalue weighted by molar-refractivity contribution is 5.98. The minimum absolute atomic E-state index is 0.263. The molecule has 7 heteroatoms. The maximum Gasteiger partial charge on any atom is 0.417 e. The maximum absolute atomic E-state index is 13.0. The molecule has 2 aromatic carbocycles. The van der Waals surface area contributed by atoms with Gasteiger partial charge in [0.2, 0.25) is 5.91 Å². The summed E-state index contributed by atoms with van der Waals surface area (Å²) < 4.78 is 38.9. The van der Waals surface area contributed by atoms with Crippen molar-refractivity contribution in [2.45, 2.75) is 25.7 Å². The Labute approximate surface area is 143 Å². The van der Waals surface area contributed by atoms with Gasteiger partial charge in [0.1, 0.15) is 6.04 Å². The van der Waals surface area contributed by atoms with Gasteiger partial charge in [-0.2, -0.15) is 13.2 Å². The van der Waals surface area contributed by atoms with E-state index in [2.05, 4.69) is 10.6 Å². The summed E-state index contributed by atoms with van der Waals surface area (Å²) in [7, 11) is 0. The maximum atomic E-state index is 13.0. The first kappa shape index (κ1) is 18.5. The number of benzene rings is 2. The molecule has 0 saturated heterocycles. The molecule has 0 aliphatic carbocycles. The number of carbonyl (C=O) groups excluding carboxylic acids is 2. The molecule has 0 unspecified atom stereocenters. The molecule has 0 fully saturated rings. The topological polar surface area (TPSA) is 58.2 Å². The zero-order valence-electron chi connectivity index (χ0n) is 13.4. The Balaban J connectivity index is 1.99. The molecule has 25 heavy (non-hydrogen) atoms. The smallest absolute Gasteiger partial charge is 0.350 e.